The second-order valence-electron chi connectivity index (χ2n) is 5.50. The van der Waals surface area contributed by atoms with Crippen LogP contribution < -0.4 is 9.64 Å². The highest BCUT2D eigenvalue weighted by Crippen LogP contribution is 2.35. The van der Waals surface area contributed by atoms with Gasteiger partial charge in [-0.15, -0.1) is 0 Å². The minimum atomic E-state index is -0.793. The lowest BCUT2D eigenvalue weighted by Crippen LogP contribution is -2.42. The van der Waals surface area contributed by atoms with Gasteiger partial charge in [-0.25, -0.2) is 0 Å². The third kappa shape index (κ3) is 3.07. The van der Waals surface area contributed by atoms with Crippen molar-refractivity contribution in [2.45, 2.75) is 19.8 Å². The van der Waals surface area contributed by atoms with Crippen LogP contribution in [0.3, 0.4) is 0 Å². The molecule has 1 aromatic rings. The van der Waals surface area contributed by atoms with Gasteiger partial charge in [0.1, 0.15) is 5.75 Å². The number of rotatable bonds is 4. The second kappa shape index (κ2) is 5.59. The van der Waals surface area contributed by atoms with Crippen LogP contribution in [0.25, 0.3) is 0 Å². The molecule has 1 saturated heterocycles. The number of carbonyl (C=O) groups is 1. The van der Waals surface area contributed by atoms with Crippen LogP contribution in [0.15, 0.2) is 18.2 Å². The SMILES string of the molecule is COc1cc(N2CCC(C)(C(=O)O)CC2)cc([N+](=O)[O-])c1. The molecule has 7 nitrogen and oxygen atoms in total. The van der Waals surface area contributed by atoms with Crippen LogP contribution in [0.2, 0.25) is 0 Å². The predicted octanol–water partition coefficient (Wildman–Crippen LogP) is 2.29. The van der Waals surface area contributed by atoms with E-state index < -0.39 is 16.3 Å². The molecule has 0 amide bonds. The first-order valence-corrected chi connectivity index (χ1v) is 6.67. The van der Waals surface area contributed by atoms with Crippen molar-refractivity contribution < 1.29 is 19.6 Å². The molecular formula is C14H18N2O5. The van der Waals surface area contributed by atoms with Crippen LogP contribution in [0, 0.1) is 15.5 Å². The summed E-state index contributed by atoms with van der Waals surface area (Å²) in [5.74, 6) is -0.371. The number of carboxylic acids is 1. The van der Waals surface area contributed by atoms with Crippen LogP contribution in [0.4, 0.5) is 11.4 Å². The molecule has 1 heterocycles. The number of hydrogen-bond donors (Lipinski definition) is 1. The highest BCUT2D eigenvalue weighted by molar-refractivity contribution is 5.74. The number of benzene rings is 1. The van der Waals surface area contributed by atoms with Crippen molar-refractivity contribution in [1.29, 1.82) is 0 Å². The molecule has 0 aromatic heterocycles. The van der Waals surface area contributed by atoms with Crippen LogP contribution in [-0.2, 0) is 4.79 Å². The highest BCUT2D eigenvalue weighted by atomic mass is 16.6. The molecule has 2 rings (SSSR count). The molecule has 0 aliphatic carbocycles. The van der Waals surface area contributed by atoms with Crippen molar-refractivity contribution in [1.82, 2.24) is 0 Å². The Balaban J connectivity index is 2.22. The van der Waals surface area contributed by atoms with Crippen LogP contribution in [0.5, 0.6) is 5.75 Å². The number of aliphatic carboxylic acids is 1. The predicted molar refractivity (Wildman–Crippen MR) is 76.8 cm³/mol. The number of nitrogens with zero attached hydrogens (tertiary/aromatic N) is 2. The molecule has 0 bridgehead atoms. The van der Waals surface area contributed by atoms with Crippen molar-refractivity contribution in [3.63, 3.8) is 0 Å². The van der Waals surface area contributed by atoms with Gasteiger partial charge in [-0.2, -0.15) is 0 Å². The van der Waals surface area contributed by atoms with E-state index in [1.54, 1.807) is 13.0 Å². The quantitative estimate of drug-likeness (QED) is 0.676. The Morgan fingerprint density at radius 2 is 2.00 bits per heavy atom. The average molecular weight is 294 g/mol. The van der Waals surface area contributed by atoms with Gasteiger partial charge in [-0.3, -0.25) is 14.9 Å². The van der Waals surface area contributed by atoms with Crippen LogP contribution in [0.1, 0.15) is 19.8 Å². The van der Waals surface area contributed by atoms with Crippen molar-refractivity contribution >= 4 is 17.3 Å². The first-order chi connectivity index (χ1) is 9.85. The minimum absolute atomic E-state index is 0.0316. The van der Waals surface area contributed by atoms with Crippen LogP contribution >= 0.6 is 0 Å². The van der Waals surface area contributed by atoms with E-state index in [1.165, 1.54) is 19.2 Å². The largest absolute Gasteiger partial charge is 0.496 e. The summed E-state index contributed by atoms with van der Waals surface area (Å²) in [6.45, 7) is 2.83. The number of nitro groups is 1. The van der Waals surface area contributed by atoms with Gasteiger partial charge < -0.3 is 14.7 Å². The number of methoxy groups -OCH3 is 1. The summed E-state index contributed by atoms with van der Waals surface area (Å²) >= 11 is 0. The zero-order valence-corrected chi connectivity index (χ0v) is 12.0. The molecule has 0 radical (unpaired) electrons. The van der Waals surface area contributed by atoms with Gasteiger partial charge in [0, 0.05) is 30.9 Å². The smallest absolute Gasteiger partial charge is 0.309 e. The summed E-state index contributed by atoms with van der Waals surface area (Å²) in [6, 6.07) is 4.59. The average Bonchev–Trinajstić information content (AvgIpc) is 2.47. The molecule has 1 fully saturated rings. The monoisotopic (exact) mass is 294 g/mol. The number of non-ortho nitro benzene ring substituents is 1. The first kappa shape index (κ1) is 15.1. The van der Waals surface area contributed by atoms with E-state index in [-0.39, 0.29) is 5.69 Å². The summed E-state index contributed by atoms with van der Waals surface area (Å²) in [5.41, 5.74) is -0.0641. The Morgan fingerprint density at radius 3 is 2.48 bits per heavy atom. The lowest BCUT2D eigenvalue weighted by molar-refractivity contribution is -0.384. The Bertz CT molecular complexity index is 564. The number of nitro benzene ring substituents is 1. The van der Waals surface area contributed by atoms with Gasteiger partial charge in [0.25, 0.3) is 5.69 Å². The van der Waals surface area contributed by atoms with Gasteiger partial charge in [-0.1, -0.05) is 0 Å². The highest BCUT2D eigenvalue weighted by Gasteiger charge is 2.37. The molecule has 0 saturated carbocycles. The maximum Gasteiger partial charge on any atom is 0.309 e. The fourth-order valence-electron chi connectivity index (χ4n) is 2.45. The lowest BCUT2D eigenvalue weighted by atomic mass is 9.80. The third-order valence-electron chi connectivity index (χ3n) is 4.07. The normalized spacial score (nSPS) is 17.3. The molecule has 1 aliphatic heterocycles. The molecular weight excluding hydrogens is 276 g/mol. The molecule has 0 atom stereocenters. The molecule has 0 unspecified atom stereocenters. The maximum atomic E-state index is 11.2. The third-order valence-corrected chi connectivity index (χ3v) is 4.07. The Hall–Kier alpha value is -2.31. The van der Waals surface area contributed by atoms with Gasteiger partial charge >= 0.3 is 5.97 Å². The summed E-state index contributed by atoms with van der Waals surface area (Å²) in [4.78, 5) is 23.7. The van der Waals surface area contributed by atoms with Gasteiger partial charge in [0.05, 0.1) is 23.5 Å². The molecule has 21 heavy (non-hydrogen) atoms. The van der Waals surface area contributed by atoms with E-state index in [9.17, 15) is 20.0 Å². The first-order valence-electron chi connectivity index (χ1n) is 6.67. The number of carboxylic acid groups (broad SMARTS) is 1. The van der Waals surface area contributed by atoms with E-state index >= 15 is 0 Å². The molecule has 1 aliphatic rings. The lowest BCUT2D eigenvalue weighted by Gasteiger charge is -2.37. The van der Waals surface area contributed by atoms with Crippen molar-refractivity contribution in [3.8, 4) is 5.75 Å². The van der Waals surface area contributed by atoms with E-state index in [0.717, 1.165) is 0 Å². The fraction of sp³-hybridized carbons (Fsp3) is 0.500. The standard InChI is InChI=1S/C14H18N2O5/c1-14(13(17)18)3-5-15(6-4-14)10-7-11(16(19)20)9-12(8-10)21-2/h7-9H,3-6H2,1-2H3,(H,17,18). The Labute approximate surface area is 122 Å². The second-order valence-corrected chi connectivity index (χ2v) is 5.50. The summed E-state index contributed by atoms with van der Waals surface area (Å²) in [7, 11) is 1.46. The molecule has 114 valence electrons. The van der Waals surface area contributed by atoms with Gasteiger partial charge in [0.2, 0.25) is 0 Å². The van der Waals surface area contributed by atoms with Crippen LogP contribution in [-0.4, -0.2) is 36.2 Å². The van der Waals surface area contributed by atoms with E-state index in [0.29, 0.717) is 37.4 Å². The molecule has 1 N–H and O–H groups in total. The van der Waals surface area contributed by atoms with Gasteiger partial charge in [-0.05, 0) is 19.8 Å². The number of ether oxygens (including phenoxy) is 1. The van der Waals surface area contributed by atoms with E-state index in [2.05, 4.69) is 0 Å². The fourth-order valence-corrected chi connectivity index (χ4v) is 2.45. The number of piperidine rings is 1. The number of anilines is 1. The minimum Gasteiger partial charge on any atom is -0.496 e. The van der Waals surface area contributed by atoms with Crippen molar-refractivity contribution in [3.05, 3.63) is 28.3 Å². The van der Waals surface area contributed by atoms with Crippen molar-refractivity contribution in [2.24, 2.45) is 5.41 Å². The zero-order valence-electron chi connectivity index (χ0n) is 12.0. The Morgan fingerprint density at radius 1 is 1.38 bits per heavy atom. The molecule has 7 heteroatoms. The van der Waals surface area contributed by atoms with Crippen molar-refractivity contribution in [2.75, 3.05) is 25.1 Å². The molecule has 1 aromatic carbocycles. The van der Waals surface area contributed by atoms with E-state index in [4.69, 9.17) is 4.74 Å². The maximum absolute atomic E-state index is 11.2. The molecule has 0 spiro atoms. The van der Waals surface area contributed by atoms with Gasteiger partial charge in [0.15, 0.2) is 0 Å². The zero-order chi connectivity index (χ0) is 15.6. The topological polar surface area (TPSA) is 92.9 Å². The summed E-state index contributed by atoms with van der Waals surface area (Å²) < 4.78 is 5.09. The summed E-state index contributed by atoms with van der Waals surface area (Å²) in [5, 5.41) is 20.2. The number of hydrogen-bond acceptors (Lipinski definition) is 5. The summed E-state index contributed by atoms with van der Waals surface area (Å²) in [6.07, 6.45) is 1.01. The Kier molecular flexibility index (Phi) is 4.02. The van der Waals surface area contributed by atoms with E-state index in [1.807, 2.05) is 4.90 Å².